The van der Waals surface area contributed by atoms with Crippen LogP contribution in [0.2, 0.25) is 0 Å². The molecule has 0 bridgehead atoms. The van der Waals surface area contributed by atoms with Gasteiger partial charge in [-0.15, -0.1) is 0 Å². The molecule has 17 heavy (non-hydrogen) atoms. The van der Waals surface area contributed by atoms with Gasteiger partial charge in [-0.3, -0.25) is 0 Å². The van der Waals surface area contributed by atoms with Crippen molar-refractivity contribution in [1.29, 1.82) is 0 Å². The molecule has 0 radical (unpaired) electrons. The minimum absolute atomic E-state index is 0.988. The summed E-state index contributed by atoms with van der Waals surface area (Å²) >= 11 is 0. The molecule has 0 aliphatic heterocycles. The highest BCUT2D eigenvalue weighted by Gasteiger charge is 2.06. The monoisotopic (exact) mass is 231 g/mol. The number of hydrogen-bond acceptors (Lipinski definition) is 2. The van der Waals surface area contributed by atoms with Crippen LogP contribution in [0, 0.1) is 6.92 Å². The van der Waals surface area contributed by atoms with Crippen LogP contribution in [0.3, 0.4) is 0 Å². The molecule has 0 spiro atoms. The molecule has 1 heterocycles. The highest BCUT2D eigenvalue weighted by atomic mass is 15.1. The Bertz CT molecular complexity index is 499. The number of imidazole rings is 1. The SMILES string of the molecule is CCn1c(C)nc2cc(CCCNC)ccc21. The molecule has 1 N–H and O–H groups in total. The second-order valence-corrected chi connectivity index (χ2v) is 4.43. The van der Waals surface area contributed by atoms with Crippen LogP contribution < -0.4 is 5.32 Å². The van der Waals surface area contributed by atoms with Gasteiger partial charge in [-0.25, -0.2) is 4.98 Å². The topological polar surface area (TPSA) is 29.9 Å². The number of benzene rings is 1. The van der Waals surface area contributed by atoms with E-state index in [1.54, 1.807) is 0 Å². The van der Waals surface area contributed by atoms with Gasteiger partial charge >= 0.3 is 0 Å². The zero-order valence-electron chi connectivity index (χ0n) is 11.0. The first-order valence-corrected chi connectivity index (χ1v) is 6.36. The summed E-state index contributed by atoms with van der Waals surface area (Å²) in [6.07, 6.45) is 2.30. The summed E-state index contributed by atoms with van der Waals surface area (Å²) in [5, 5.41) is 3.18. The summed E-state index contributed by atoms with van der Waals surface area (Å²) in [4.78, 5) is 4.62. The van der Waals surface area contributed by atoms with E-state index in [0.29, 0.717) is 0 Å². The van der Waals surface area contributed by atoms with Gasteiger partial charge in [0, 0.05) is 6.54 Å². The van der Waals surface area contributed by atoms with Gasteiger partial charge in [-0.2, -0.15) is 0 Å². The fourth-order valence-electron chi connectivity index (χ4n) is 2.32. The Hall–Kier alpha value is -1.35. The van der Waals surface area contributed by atoms with E-state index < -0.39 is 0 Å². The maximum absolute atomic E-state index is 4.62. The van der Waals surface area contributed by atoms with Gasteiger partial charge in [-0.1, -0.05) is 6.07 Å². The van der Waals surface area contributed by atoms with E-state index in [0.717, 1.165) is 30.9 Å². The van der Waals surface area contributed by atoms with Crippen molar-refractivity contribution in [2.24, 2.45) is 0 Å². The number of aryl methyl sites for hydroxylation is 3. The highest BCUT2D eigenvalue weighted by Crippen LogP contribution is 2.18. The fourth-order valence-corrected chi connectivity index (χ4v) is 2.32. The molecule has 0 saturated heterocycles. The van der Waals surface area contributed by atoms with Crippen LogP contribution in [0.25, 0.3) is 11.0 Å². The third-order valence-electron chi connectivity index (χ3n) is 3.21. The quantitative estimate of drug-likeness (QED) is 0.801. The van der Waals surface area contributed by atoms with E-state index >= 15 is 0 Å². The summed E-state index contributed by atoms with van der Waals surface area (Å²) in [5.74, 6) is 1.11. The van der Waals surface area contributed by atoms with Gasteiger partial charge in [0.25, 0.3) is 0 Å². The Morgan fingerprint density at radius 1 is 1.35 bits per heavy atom. The standard InChI is InChI=1S/C14H21N3/c1-4-17-11(2)16-13-10-12(6-5-9-15-3)7-8-14(13)17/h7-8,10,15H,4-6,9H2,1-3H3. The third kappa shape index (κ3) is 2.50. The first kappa shape index (κ1) is 12.1. The first-order valence-electron chi connectivity index (χ1n) is 6.36. The molecule has 3 nitrogen and oxygen atoms in total. The molecule has 0 unspecified atom stereocenters. The van der Waals surface area contributed by atoms with Gasteiger partial charge in [0.2, 0.25) is 0 Å². The van der Waals surface area contributed by atoms with E-state index in [1.165, 1.54) is 17.5 Å². The molecule has 0 fully saturated rings. The lowest BCUT2D eigenvalue weighted by Crippen LogP contribution is -2.08. The lowest BCUT2D eigenvalue weighted by Gasteiger charge is -2.03. The number of fused-ring (bicyclic) bond motifs is 1. The smallest absolute Gasteiger partial charge is 0.106 e. The maximum atomic E-state index is 4.62. The third-order valence-corrected chi connectivity index (χ3v) is 3.21. The number of nitrogens with one attached hydrogen (secondary N) is 1. The van der Waals surface area contributed by atoms with Crippen molar-refractivity contribution in [1.82, 2.24) is 14.9 Å². The number of aromatic nitrogens is 2. The summed E-state index contributed by atoms with van der Waals surface area (Å²) in [6.45, 7) is 6.29. The zero-order valence-corrected chi connectivity index (χ0v) is 11.0. The highest BCUT2D eigenvalue weighted by molar-refractivity contribution is 5.76. The minimum Gasteiger partial charge on any atom is -0.329 e. The molecule has 3 heteroatoms. The van der Waals surface area contributed by atoms with Crippen LogP contribution in [-0.4, -0.2) is 23.1 Å². The molecule has 2 aromatic rings. The first-order chi connectivity index (χ1) is 8.26. The van der Waals surface area contributed by atoms with Gasteiger partial charge in [0.05, 0.1) is 11.0 Å². The molecule has 0 amide bonds. The van der Waals surface area contributed by atoms with Crippen molar-refractivity contribution in [3.05, 3.63) is 29.6 Å². The normalized spacial score (nSPS) is 11.2. The molecule has 92 valence electrons. The van der Waals surface area contributed by atoms with Gasteiger partial charge in [0.1, 0.15) is 5.82 Å². The summed E-state index contributed by atoms with van der Waals surface area (Å²) < 4.78 is 2.26. The predicted molar refractivity (Wildman–Crippen MR) is 72.4 cm³/mol. The molecule has 0 aliphatic rings. The minimum atomic E-state index is 0.988. The lowest BCUT2D eigenvalue weighted by molar-refractivity contribution is 0.725. The molecular formula is C14H21N3. The summed E-state index contributed by atoms with van der Waals surface area (Å²) in [6, 6.07) is 6.66. The van der Waals surface area contributed by atoms with Gasteiger partial charge in [0.15, 0.2) is 0 Å². The predicted octanol–water partition coefficient (Wildman–Crippen LogP) is 2.52. The Morgan fingerprint density at radius 2 is 2.18 bits per heavy atom. The van der Waals surface area contributed by atoms with E-state index in [2.05, 4.69) is 46.9 Å². The summed E-state index contributed by atoms with van der Waals surface area (Å²) in [7, 11) is 2.00. The van der Waals surface area contributed by atoms with Gasteiger partial charge < -0.3 is 9.88 Å². The number of nitrogens with zero attached hydrogens (tertiary/aromatic N) is 2. The Kier molecular flexibility index (Phi) is 3.79. The zero-order chi connectivity index (χ0) is 12.3. The van der Waals surface area contributed by atoms with E-state index in [4.69, 9.17) is 0 Å². The second kappa shape index (κ2) is 5.32. The number of hydrogen-bond donors (Lipinski definition) is 1. The molecule has 0 atom stereocenters. The molecule has 1 aromatic carbocycles. The fraction of sp³-hybridized carbons (Fsp3) is 0.500. The van der Waals surface area contributed by atoms with Crippen molar-refractivity contribution < 1.29 is 0 Å². The van der Waals surface area contributed by atoms with E-state index in [-0.39, 0.29) is 0 Å². The Labute approximate surface area is 103 Å². The molecule has 1 aromatic heterocycles. The summed E-state index contributed by atoms with van der Waals surface area (Å²) in [5.41, 5.74) is 3.77. The largest absolute Gasteiger partial charge is 0.329 e. The van der Waals surface area contributed by atoms with Crippen molar-refractivity contribution >= 4 is 11.0 Å². The lowest BCUT2D eigenvalue weighted by atomic mass is 10.1. The van der Waals surface area contributed by atoms with Crippen molar-refractivity contribution in [3.8, 4) is 0 Å². The maximum Gasteiger partial charge on any atom is 0.106 e. The van der Waals surface area contributed by atoms with Crippen LogP contribution in [0.4, 0.5) is 0 Å². The van der Waals surface area contributed by atoms with Crippen molar-refractivity contribution in [2.45, 2.75) is 33.2 Å². The van der Waals surface area contributed by atoms with Crippen LogP contribution in [0.1, 0.15) is 24.7 Å². The Balaban J connectivity index is 2.25. The van der Waals surface area contributed by atoms with Gasteiger partial charge in [-0.05, 0) is 58.0 Å². The van der Waals surface area contributed by atoms with Crippen LogP contribution in [0.5, 0.6) is 0 Å². The average Bonchev–Trinajstić information content (AvgIpc) is 2.64. The van der Waals surface area contributed by atoms with Crippen molar-refractivity contribution in [2.75, 3.05) is 13.6 Å². The van der Waals surface area contributed by atoms with Crippen LogP contribution in [-0.2, 0) is 13.0 Å². The molecule has 2 rings (SSSR count). The van der Waals surface area contributed by atoms with Crippen molar-refractivity contribution in [3.63, 3.8) is 0 Å². The Morgan fingerprint density at radius 3 is 2.88 bits per heavy atom. The van der Waals surface area contributed by atoms with Crippen LogP contribution >= 0.6 is 0 Å². The van der Waals surface area contributed by atoms with Crippen LogP contribution in [0.15, 0.2) is 18.2 Å². The second-order valence-electron chi connectivity index (χ2n) is 4.43. The molecular weight excluding hydrogens is 210 g/mol. The van der Waals surface area contributed by atoms with E-state index in [9.17, 15) is 0 Å². The molecule has 0 saturated carbocycles. The number of rotatable bonds is 5. The molecule has 0 aliphatic carbocycles. The average molecular weight is 231 g/mol. The van der Waals surface area contributed by atoms with E-state index in [1.807, 2.05) is 7.05 Å².